The van der Waals surface area contributed by atoms with E-state index in [0.717, 1.165) is 22.3 Å². The van der Waals surface area contributed by atoms with Crippen LogP contribution in [-0.2, 0) is 0 Å². The van der Waals surface area contributed by atoms with Gasteiger partial charge in [-0.15, -0.1) is 11.3 Å². The number of aliphatic hydroxyl groups is 1. The maximum absolute atomic E-state index is 14.0. The molecule has 30 heavy (non-hydrogen) atoms. The number of thiazole rings is 1. The third-order valence-electron chi connectivity index (χ3n) is 4.53. The van der Waals surface area contributed by atoms with Crippen molar-refractivity contribution in [1.82, 2.24) is 15.3 Å². The van der Waals surface area contributed by atoms with Crippen LogP contribution >= 0.6 is 11.3 Å². The Morgan fingerprint density at radius 2 is 2.10 bits per heavy atom. The standard InChI is InChI=1S/C21H26FN5O2S/c1-4-7-23-16-9-19(27-13-5-6-15-17(8-13)30-12-26-15)24-10-14(16)20(28)25-11-18(22)21(2,3)29/h5-6,8-10,12,18,29H,4,7,11H2,1-3H3,(H,25,28)(H2,23,24,27). The molecule has 1 amide bonds. The number of halogens is 1. The van der Waals surface area contributed by atoms with Crippen molar-refractivity contribution in [1.29, 1.82) is 0 Å². The van der Waals surface area contributed by atoms with E-state index < -0.39 is 17.7 Å². The molecule has 0 aliphatic rings. The number of alkyl halides is 1. The Morgan fingerprint density at radius 3 is 2.83 bits per heavy atom. The van der Waals surface area contributed by atoms with Gasteiger partial charge in [0.15, 0.2) is 0 Å². The number of benzene rings is 1. The van der Waals surface area contributed by atoms with Gasteiger partial charge < -0.3 is 21.1 Å². The summed E-state index contributed by atoms with van der Waals surface area (Å²) >= 11 is 1.56. The van der Waals surface area contributed by atoms with Crippen molar-refractivity contribution >= 4 is 44.7 Å². The van der Waals surface area contributed by atoms with E-state index in [4.69, 9.17) is 0 Å². The molecule has 0 aliphatic heterocycles. The topological polar surface area (TPSA) is 99.2 Å². The maximum atomic E-state index is 14.0. The first-order valence-electron chi connectivity index (χ1n) is 9.76. The van der Waals surface area contributed by atoms with Gasteiger partial charge in [-0.05, 0) is 38.5 Å². The van der Waals surface area contributed by atoms with Gasteiger partial charge in [-0.3, -0.25) is 4.79 Å². The van der Waals surface area contributed by atoms with Gasteiger partial charge in [-0.25, -0.2) is 14.4 Å². The summed E-state index contributed by atoms with van der Waals surface area (Å²) in [6.07, 6.45) is 0.751. The molecule has 9 heteroatoms. The SMILES string of the molecule is CCCNc1cc(Nc2ccc3ncsc3c2)ncc1C(=O)NCC(F)C(C)(C)O. The van der Waals surface area contributed by atoms with Crippen molar-refractivity contribution in [3.05, 3.63) is 41.5 Å². The fraction of sp³-hybridized carbons (Fsp3) is 0.381. The molecule has 2 heterocycles. The summed E-state index contributed by atoms with van der Waals surface area (Å²) in [5.41, 5.74) is 2.99. The number of hydrogen-bond donors (Lipinski definition) is 4. The first-order valence-corrected chi connectivity index (χ1v) is 10.6. The summed E-state index contributed by atoms with van der Waals surface area (Å²) in [6.45, 7) is 5.14. The number of nitrogens with zero attached hydrogens (tertiary/aromatic N) is 2. The molecule has 3 aromatic rings. The molecule has 3 rings (SSSR count). The molecule has 160 valence electrons. The van der Waals surface area contributed by atoms with Crippen molar-refractivity contribution < 1.29 is 14.3 Å². The van der Waals surface area contributed by atoms with Crippen LogP contribution in [-0.4, -0.2) is 45.8 Å². The van der Waals surface area contributed by atoms with E-state index in [9.17, 15) is 14.3 Å². The van der Waals surface area contributed by atoms with Gasteiger partial charge in [0.1, 0.15) is 12.0 Å². The summed E-state index contributed by atoms with van der Waals surface area (Å²) < 4.78 is 15.0. The predicted molar refractivity (Wildman–Crippen MR) is 119 cm³/mol. The Morgan fingerprint density at radius 1 is 1.30 bits per heavy atom. The minimum Gasteiger partial charge on any atom is -0.387 e. The molecule has 1 atom stereocenters. The average molecular weight is 432 g/mol. The smallest absolute Gasteiger partial charge is 0.255 e. The van der Waals surface area contributed by atoms with Crippen LogP contribution in [0.3, 0.4) is 0 Å². The zero-order valence-corrected chi connectivity index (χ0v) is 18.0. The van der Waals surface area contributed by atoms with Gasteiger partial charge >= 0.3 is 0 Å². The van der Waals surface area contributed by atoms with Crippen LogP contribution in [0.4, 0.5) is 21.6 Å². The van der Waals surface area contributed by atoms with Crippen molar-refractivity contribution in [3.63, 3.8) is 0 Å². The maximum Gasteiger partial charge on any atom is 0.255 e. The highest BCUT2D eigenvalue weighted by molar-refractivity contribution is 7.16. The lowest BCUT2D eigenvalue weighted by Gasteiger charge is -2.22. The molecule has 1 unspecified atom stereocenters. The fourth-order valence-electron chi connectivity index (χ4n) is 2.72. The van der Waals surface area contributed by atoms with E-state index in [-0.39, 0.29) is 6.54 Å². The van der Waals surface area contributed by atoms with Crippen LogP contribution in [0.1, 0.15) is 37.6 Å². The van der Waals surface area contributed by atoms with Gasteiger partial charge in [0.2, 0.25) is 0 Å². The molecule has 4 N–H and O–H groups in total. The van der Waals surface area contributed by atoms with Crippen molar-refractivity contribution in [3.8, 4) is 0 Å². The number of fused-ring (bicyclic) bond motifs is 1. The van der Waals surface area contributed by atoms with Gasteiger partial charge in [0.25, 0.3) is 5.91 Å². The third-order valence-corrected chi connectivity index (χ3v) is 5.32. The van der Waals surface area contributed by atoms with E-state index in [0.29, 0.717) is 23.6 Å². The molecule has 0 radical (unpaired) electrons. The molecule has 1 aromatic carbocycles. The lowest BCUT2D eigenvalue weighted by Crippen LogP contribution is -2.42. The molecular formula is C21H26FN5O2S. The molecule has 0 aliphatic carbocycles. The number of pyridine rings is 1. The zero-order chi connectivity index (χ0) is 21.7. The number of carbonyl (C=O) groups is 1. The second-order valence-electron chi connectivity index (χ2n) is 7.53. The number of hydrogen-bond acceptors (Lipinski definition) is 7. The van der Waals surface area contributed by atoms with Gasteiger partial charge in [0.05, 0.1) is 39.1 Å². The zero-order valence-electron chi connectivity index (χ0n) is 17.2. The number of nitrogens with one attached hydrogen (secondary N) is 3. The van der Waals surface area contributed by atoms with E-state index in [1.807, 2.05) is 25.1 Å². The molecule has 0 bridgehead atoms. The van der Waals surface area contributed by atoms with E-state index in [1.165, 1.54) is 20.0 Å². The lowest BCUT2D eigenvalue weighted by atomic mass is 10.0. The monoisotopic (exact) mass is 431 g/mol. The van der Waals surface area contributed by atoms with Crippen LogP contribution in [0.2, 0.25) is 0 Å². The molecule has 7 nitrogen and oxygen atoms in total. The normalized spacial score (nSPS) is 12.6. The molecule has 0 saturated carbocycles. The number of carbonyl (C=O) groups excluding carboxylic acids is 1. The van der Waals surface area contributed by atoms with E-state index >= 15 is 0 Å². The van der Waals surface area contributed by atoms with Gasteiger partial charge in [-0.1, -0.05) is 6.92 Å². The summed E-state index contributed by atoms with van der Waals surface area (Å²) in [7, 11) is 0. The van der Waals surface area contributed by atoms with Crippen molar-refractivity contribution in [2.24, 2.45) is 0 Å². The second kappa shape index (κ2) is 9.36. The molecule has 2 aromatic heterocycles. The lowest BCUT2D eigenvalue weighted by molar-refractivity contribution is -0.00177. The Balaban J connectivity index is 1.77. The Kier molecular flexibility index (Phi) is 6.84. The van der Waals surface area contributed by atoms with Crippen LogP contribution in [0.25, 0.3) is 10.2 Å². The minimum absolute atomic E-state index is 0.287. The fourth-order valence-corrected chi connectivity index (χ4v) is 3.43. The van der Waals surface area contributed by atoms with Gasteiger partial charge in [0, 0.05) is 24.5 Å². The minimum atomic E-state index is -1.58. The Hall–Kier alpha value is -2.78. The van der Waals surface area contributed by atoms with E-state index in [2.05, 4.69) is 25.9 Å². The number of amides is 1. The first kappa shape index (κ1) is 21.9. The van der Waals surface area contributed by atoms with Crippen molar-refractivity contribution in [2.45, 2.75) is 39.0 Å². The molecular weight excluding hydrogens is 405 g/mol. The largest absolute Gasteiger partial charge is 0.387 e. The highest BCUT2D eigenvalue weighted by atomic mass is 32.1. The number of anilines is 3. The summed E-state index contributed by atoms with van der Waals surface area (Å²) in [5, 5.41) is 18.7. The quantitative estimate of drug-likeness (QED) is 0.407. The number of aromatic nitrogens is 2. The van der Waals surface area contributed by atoms with Crippen LogP contribution in [0, 0.1) is 0 Å². The molecule has 0 spiro atoms. The van der Waals surface area contributed by atoms with Crippen LogP contribution < -0.4 is 16.0 Å². The highest BCUT2D eigenvalue weighted by Gasteiger charge is 2.27. The Bertz CT molecular complexity index is 1020. The van der Waals surface area contributed by atoms with Gasteiger partial charge in [-0.2, -0.15) is 0 Å². The van der Waals surface area contributed by atoms with E-state index in [1.54, 1.807) is 22.9 Å². The van der Waals surface area contributed by atoms with Crippen LogP contribution in [0.5, 0.6) is 0 Å². The summed E-state index contributed by atoms with van der Waals surface area (Å²) in [5.74, 6) is 0.125. The number of rotatable bonds is 9. The molecule has 0 saturated heterocycles. The average Bonchev–Trinajstić information content (AvgIpc) is 3.17. The summed E-state index contributed by atoms with van der Waals surface area (Å²) in [4.78, 5) is 21.2. The van der Waals surface area contributed by atoms with Crippen LogP contribution in [0.15, 0.2) is 36.0 Å². The second-order valence-corrected chi connectivity index (χ2v) is 8.42. The predicted octanol–water partition coefficient (Wildman–Crippen LogP) is 4.10. The third kappa shape index (κ3) is 5.43. The summed E-state index contributed by atoms with van der Waals surface area (Å²) in [6, 6.07) is 7.60. The van der Waals surface area contributed by atoms with Crippen molar-refractivity contribution in [2.75, 3.05) is 23.7 Å². The first-order chi connectivity index (χ1) is 14.3. The Labute approximate surface area is 178 Å². The molecule has 0 fully saturated rings. The highest BCUT2D eigenvalue weighted by Crippen LogP contribution is 2.26.